The molecule has 1 aromatic carbocycles. The first-order chi connectivity index (χ1) is 9.26. The van der Waals surface area contributed by atoms with Gasteiger partial charge in [-0.25, -0.2) is 0 Å². The number of benzene rings is 1. The number of likely N-dealkylation sites (N-methyl/N-ethyl adjacent to an activating group) is 1. The summed E-state index contributed by atoms with van der Waals surface area (Å²) in [6.07, 6.45) is 0. The lowest BCUT2D eigenvalue weighted by atomic mass is 9.94. The van der Waals surface area contributed by atoms with Gasteiger partial charge in [0.2, 0.25) is 5.91 Å². The SMILES string of the molecule is CN(CCOc1cc(Cl)cc(Cl)c1)C(=O)C(C)(C)CCl. The molecule has 0 saturated heterocycles. The molecule has 0 aliphatic rings. The highest BCUT2D eigenvalue weighted by molar-refractivity contribution is 6.34. The topological polar surface area (TPSA) is 29.5 Å². The van der Waals surface area contributed by atoms with E-state index in [1.54, 1.807) is 30.1 Å². The van der Waals surface area contributed by atoms with Crippen LogP contribution in [0.15, 0.2) is 18.2 Å². The number of carbonyl (C=O) groups excluding carboxylic acids is 1. The minimum Gasteiger partial charge on any atom is -0.492 e. The molecule has 0 unspecified atom stereocenters. The molecule has 0 saturated carbocycles. The average molecular weight is 339 g/mol. The first kappa shape index (κ1) is 17.4. The molecular weight excluding hydrogens is 321 g/mol. The lowest BCUT2D eigenvalue weighted by Crippen LogP contribution is -2.41. The maximum atomic E-state index is 12.1. The molecule has 0 spiro atoms. The number of halogens is 3. The summed E-state index contributed by atoms with van der Waals surface area (Å²) in [6, 6.07) is 4.99. The van der Waals surface area contributed by atoms with Crippen LogP contribution in [0.3, 0.4) is 0 Å². The van der Waals surface area contributed by atoms with Gasteiger partial charge in [0.05, 0.1) is 12.0 Å². The Morgan fingerprint density at radius 1 is 1.25 bits per heavy atom. The second-order valence-electron chi connectivity index (χ2n) is 5.20. The molecule has 1 aromatic rings. The summed E-state index contributed by atoms with van der Waals surface area (Å²) >= 11 is 17.5. The highest BCUT2D eigenvalue weighted by Crippen LogP contribution is 2.24. The number of nitrogens with zero attached hydrogens (tertiary/aromatic N) is 1. The minimum atomic E-state index is -0.574. The molecule has 3 nitrogen and oxygen atoms in total. The van der Waals surface area contributed by atoms with Crippen LogP contribution in [-0.4, -0.2) is 36.9 Å². The van der Waals surface area contributed by atoms with Gasteiger partial charge in [-0.3, -0.25) is 4.79 Å². The molecule has 0 aliphatic heterocycles. The molecule has 0 aromatic heterocycles. The van der Waals surface area contributed by atoms with Crippen molar-refractivity contribution >= 4 is 40.7 Å². The predicted molar refractivity (Wildman–Crippen MR) is 84.1 cm³/mol. The molecule has 0 N–H and O–H groups in total. The zero-order valence-corrected chi connectivity index (χ0v) is 14.0. The molecule has 20 heavy (non-hydrogen) atoms. The highest BCUT2D eigenvalue weighted by Gasteiger charge is 2.29. The molecular formula is C14H18Cl3NO2. The van der Waals surface area contributed by atoms with E-state index in [2.05, 4.69) is 0 Å². The number of rotatable bonds is 6. The van der Waals surface area contributed by atoms with Gasteiger partial charge in [0.1, 0.15) is 12.4 Å². The molecule has 0 atom stereocenters. The fourth-order valence-corrected chi connectivity index (χ4v) is 2.21. The first-order valence-corrected chi connectivity index (χ1v) is 7.46. The van der Waals surface area contributed by atoms with Crippen LogP contribution in [0.25, 0.3) is 0 Å². The lowest BCUT2D eigenvalue weighted by molar-refractivity contribution is -0.138. The Morgan fingerprint density at radius 2 is 1.80 bits per heavy atom. The van der Waals surface area contributed by atoms with Crippen molar-refractivity contribution in [1.82, 2.24) is 4.90 Å². The number of ether oxygens (including phenoxy) is 1. The minimum absolute atomic E-state index is 0.0137. The van der Waals surface area contributed by atoms with Crippen LogP contribution >= 0.6 is 34.8 Å². The standard InChI is InChI=1S/C14H18Cl3NO2/c1-14(2,9-15)13(19)18(3)4-5-20-12-7-10(16)6-11(17)8-12/h6-8H,4-5,9H2,1-3H3. The van der Waals surface area contributed by atoms with Crippen molar-refractivity contribution in [3.8, 4) is 5.75 Å². The molecule has 112 valence electrons. The molecule has 0 bridgehead atoms. The summed E-state index contributed by atoms with van der Waals surface area (Å²) in [5, 5.41) is 1.03. The molecule has 6 heteroatoms. The summed E-state index contributed by atoms with van der Waals surface area (Å²) in [5.74, 6) is 0.848. The van der Waals surface area contributed by atoms with Crippen molar-refractivity contribution in [2.45, 2.75) is 13.8 Å². The Morgan fingerprint density at radius 3 is 2.30 bits per heavy atom. The van der Waals surface area contributed by atoms with Gasteiger partial charge in [0, 0.05) is 23.0 Å². The van der Waals surface area contributed by atoms with E-state index in [-0.39, 0.29) is 11.8 Å². The third-order valence-corrected chi connectivity index (χ3v) is 3.90. The average Bonchev–Trinajstić information content (AvgIpc) is 2.36. The number of carbonyl (C=O) groups is 1. The smallest absolute Gasteiger partial charge is 0.229 e. The summed E-state index contributed by atoms with van der Waals surface area (Å²) in [4.78, 5) is 13.7. The van der Waals surface area contributed by atoms with E-state index in [0.717, 1.165) is 0 Å². The summed E-state index contributed by atoms with van der Waals surface area (Å²) in [6.45, 7) is 4.45. The van der Waals surface area contributed by atoms with Crippen molar-refractivity contribution < 1.29 is 9.53 Å². The Balaban J connectivity index is 2.50. The highest BCUT2D eigenvalue weighted by atomic mass is 35.5. The Bertz CT molecular complexity index is 457. The third-order valence-electron chi connectivity index (χ3n) is 2.79. The van der Waals surface area contributed by atoms with Crippen molar-refractivity contribution in [1.29, 1.82) is 0 Å². The number of hydrogen-bond acceptors (Lipinski definition) is 2. The van der Waals surface area contributed by atoms with Gasteiger partial charge in [0.25, 0.3) is 0 Å². The zero-order chi connectivity index (χ0) is 15.3. The quantitative estimate of drug-likeness (QED) is 0.731. The number of amides is 1. The summed E-state index contributed by atoms with van der Waals surface area (Å²) in [7, 11) is 1.73. The van der Waals surface area contributed by atoms with Gasteiger partial charge in [0.15, 0.2) is 0 Å². The van der Waals surface area contributed by atoms with Gasteiger partial charge in [-0.05, 0) is 32.0 Å². The second kappa shape index (κ2) is 7.39. The largest absolute Gasteiger partial charge is 0.492 e. The third kappa shape index (κ3) is 5.04. The number of hydrogen-bond donors (Lipinski definition) is 0. The van der Waals surface area contributed by atoms with Crippen molar-refractivity contribution in [2.75, 3.05) is 26.1 Å². The Kier molecular flexibility index (Phi) is 6.44. The van der Waals surface area contributed by atoms with E-state index >= 15 is 0 Å². The van der Waals surface area contributed by atoms with Crippen LogP contribution in [-0.2, 0) is 4.79 Å². The first-order valence-electron chi connectivity index (χ1n) is 6.16. The van der Waals surface area contributed by atoms with Gasteiger partial charge in [-0.15, -0.1) is 11.6 Å². The van der Waals surface area contributed by atoms with E-state index in [4.69, 9.17) is 39.5 Å². The molecule has 1 rings (SSSR count). The maximum absolute atomic E-state index is 12.1. The normalized spacial score (nSPS) is 11.3. The van der Waals surface area contributed by atoms with Crippen LogP contribution in [0.2, 0.25) is 10.0 Å². The molecule has 0 aliphatic carbocycles. The van der Waals surface area contributed by atoms with E-state index in [0.29, 0.717) is 28.9 Å². The van der Waals surface area contributed by atoms with Gasteiger partial charge < -0.3 is 9.64 Å². The summed E-state index contributed by atoms with van der Waals surface area (Å²) < 4.78 is 5.54. The van der Waals surface area contributed by atoms with Crippen LogP contribution < -0.4 is 4.74 Å². The van der Waals surface area contributed by atoms with Crippen LogP contribution in [0.5, 0.6) is 5.75 Å². The predicted octanol–water partition coefficient (Wildman–Crippen LogP) is 4.10. The van der Waals surface area contributed by atoms with Crippen LogP contribution in [0.4, 0.5) is 0 Å². The van der Waals surface area contributed by atoms with Gasteiger partial charge in [-0.1, -0.05) is 23.2 Å². The second-order valence-corrected chi connectivity index (χ2v) is 6.34. The molecule has 0 heterocycles. The van der Waals surface area contributed by atoms with E-state index < -0.39 is 5.41 Å². The Labute approximate surface area is 134 Å². The lowest BCUT2D eigenvalue weighted by Gasteiger charge is -2.27. The number of alkyl halides is 1. The van der Waals surface area contributed by atoms with Crippen molar-refractivity contribution in [3.05, 3.63) is 28.2 Å². The van der Waals surface area contributed by atoms with Crippen molar-refractivity contribution in [3.63, 3.8) is 0 Å². The van der Waals surface area contributed by atoms with Gasteiger partial charge in [-0.2, -0.15) is 0 Å². The monoisotopic (exact) mass is 337 g/mol. The molecule has 0 radical (unpaired) electrons. The van der Waals surface area contributed by atoms with E-state index in [9.17, 15) is 4.79 Å². The van der Waals surface area contributed by atoms with Crippen LogP contribution in [0.1, 0.15) is 13.8 Å². The van der Waals surface area contributed by atoms with Gasteiger partial charge >= 0.3 is 0 Å². The van der Waals surface area contributed by atoms with Crippen LogP contribution in [0, 0.1) is 5.41 Å². The Hall–Kier alpha value is -0.640. The van der Waals surface area contributed by atoms with Crippen molar-refractivity contribution in [2.24, 2.45) is 5.41 Å². The van der Waals surface area contributed by atoms with E-state index in [1.807, 2.05) is 13.8 Å². The molecule has 1 amide bonds. The summed E-state index contributed by atoms with van der Waals surface area (Å²) in [5.41, 5.74) is -0.574. The molecule has 0 fully saturated rings. The zero-order valence-electron chi connectivity index (χ0n) is 11.8. The van der Waals surface area contributed by atoms with E-state index in [1.165, 1.54) is 0 Å². The maximum Gasteiger partial charge on any atom is 0.229 e. The fraction of sp³-hybridized carbons (Fsp3) is 0.500. The fourth-order valence-electron chi connectivity index (χ4n) is 1.59.